The SMILES string of the molecule is Cc1ccc(-n2cnnc2)cc1-n1ccnc1[C@H](C)c1ccccc1. The lowest BCUT2D eigenvalue weighted by Gasteiger charge is -2.17. The fourth-order valence-corrected chi connectivity index (χ4v) is 3.08. The van der Waals surface area contributed by atoms with Gasteiger partial charge >= 0.3 is 0 Å². The van der Waals surface area contributed by atoms with Gasteiger partial charge in [-0.05, 0) is 30.2 Å². The van der Waals surface area contributed by atoms with Gasteiger partial charge < -0.3 is 4.57 Å². The van der Waals surface area contributed by atoms with Crippen LogP contribution in [0.3, 0.4) is 0 Å². The van der Waals surface area contributed by atoms with E-state index in [0.717, 1.165) is 17.2 Å². The van der Waals surface area contributed by atoms with E-state index >= 15 is 0 Å². The normalized spacial score (nSPS) is 12.2. The van der Waals surface area contributed by atoms with Crippen molar-refractivity contribution in [3.8, 4) is 11.4 Å². The highest BCUT2D eigenvalue weighted by Crippen LogP contribution is 2.27. The quantitative estimate of drug-likeness (QED) is 0.570. The van der Waals surface area contributed by atoms with Gasteiger partial charge in [-0.2, -0.15) is 0 Å². The van der Waals surface area contributed by atoms with Crippen LogP contribution in [-0.4, -0.2) is 24.3 Å². The van der Waals surface area contributed by atoms with E-state index in [4.69, 9.17) is 0 Å². The number of benzene rings is 2. The van der Waals surface area contributed by atoms with Crippen molar-refractivity contribution >= 4 is 0 Å². The first-order valence-corrected chi connectivity index (χ1v) is 8.28. The number of rotatable bonds is 4. The van der Waals surface area contributed by atoms with Crippen molar-refractivity contribution in [2.45, 2.75) is 19.8 Å². The van der Waals surface area contributed by atoms with Gasteiger partial charge in [0, 0.05) is 18.3 Å². The highest BCUT2D eigenvalue weighted by Gasteiger charge is 2.16. The van der Waals surface area contributed by atoms with Crippen molar-refractivity contribution in [3.63, 3.8) is 0 Å². The summed E-state index contributed by atoms with van der Waals surface area (Å²) >= 11 is 0. The number of imidazole rings is 1. The van der Waals surface area contributed by atoms with Crippen molar-refractivity contribution in [1.82, 2.24) is 24.3 Å². The van der Waals surface area contributed by atoms with Crippen LogP contribution in [0.2, 0.25) is 0 Å². The molecule has 5 nitrogen and oxygen atoms in total. The van der Waals surface area contributed by atoms with Crippen LogP contribution in [0.25, 0.3) is 11.4 Å². The molecule has 2 aromatic carbocycles. The summed E-state index contributed by atoms with van der Waals surface area (Å²) in [6.45, 7) is 4.30. The summed E-state index contributed by atoms with van der Waals surface area (Å²) in [6, 6.07) is 16.8. The van der Waals surface area contributed by atoms with Crippen LogP contribution >= 0.6 is 0 Å². The molecular weight excluding hydrogens is 310 g/mol. The minimum Gasteiger partial charge on any atom is -0.303 e. The van der Waals surface area contributed by atoms with Gasteiger partial charge in [0.25, 0.3) is 0 Å². The Morgan fingerprint density at radius 2 is 1.72 bits per heavy atom. The Hall–Kier alpha value is -3.21. The molecule has 0 bridgehead atoms. The van der Waals surface area contributed by atoms with Gasteiger partial charge in [0.15, 0.2) is 0 Å². The maximum absolute atomic E-state index is 4.63. The zero-order valence-electron chi connectivity index (χ0n) is 14.2. The molecule has 1 atom stereocenters. The maximum Gasteiger partial charge on any atom is 0.123 e. The second-order valence-electron chi connectivity index (χ2n) is 6.13. The predicted molar refractivity (Wildman–Crippen MR) is 97.2 cm³/mol. The molecule has 0 N–H and O–H groups in total. The van der Waals surface area contributed by atoms with E-state index < -0.39 is 0 Å². The number of hydrogen-bond donors (Lipinski definition) is 0. The third-order valence-corrected chi connectivity index (χ3v) is 4.53. The topological polar surface area (TPSA) is 48.5 Å². The maximum atomic E-state index is 4.63. The summed E-state index contributed by atoms with van der Waals surface area (Å²) in [5.74, 6) is 1.23. The second kappa shape index (κ2) is 6.36. The van der Waals surface area contributed by atoms with E-state index in [2.05, 4.69) is 76.1 Å². The Morgan fingerprint density at radius 3 is 2.48 bits per heavy atom. The lowest BCUT2D eigenvalue weighted by Crippen LogP contribution is -2.08. The first-order chi connectivity index (χ1) is 12.2. The second-order valence-corrected chi connectivity index (χ2v) is 6.13. The minimum atomic E-state index is 0.203. The molecule has 4 rings (SSSR count). The molecule has 0 saturated carbocycles. The number of aromatic nitrogens is 5. The third kappa shape index (κ3) is 2.85. The molecule has 0 radical (unpaired) electrons. The average Bonchev–Trinajstić information content (AvgIpc) is 3.34. The Balaban J connectivity index is 1.79. The Bertz CT molecular complexity index is 971. The molecule has 4 aromatic rings. The fraction of sp³-hybridized carbons (Fsp3) is 0.150. The molecule has 0 unspecified atom stereocenters. The molecule has 0 amide bonds. The zero-order valence-corrected chi connectivity index (χ0v) is 14.2. The smallest absolute Gasteiger partial charge is 0.123 e. The molecule has 2 aromatic heterocycles. The molecule has 25 heavy (non-hydrogen) atoms. The summed E-state index contributed by atoms with van der Waals surface area (Å²) in [6.07, 6.45) is 7.29. The zero-order chi connectivity index (χ0) is 17.2. The summed E-state index contributed by atoms with van der Waals surface area (Å²) < 4.78 is 4.07. The Kier molecular flexibility index (Phi) is 3.90. The van der Waals surface area contributed by atoms with Gasteiger partial charge in [-0.1, -0.05) is 43.3 Å². The molecule has 0 spiro atoms. The summed E-state index contributed by atoms with van der Waals surface area (Å²) in [5, 5.41) is 7.79. The molecule has 5 heteroatoms. The van der Waals surface area contributed by atoms with Crippen LogP contribution in [0, 0.1) is 6.92 Å². The van der Waals surface area contributed by atoms with Crippen molar-refractivity contribution in [3.05, 3.63) is 90.5 Å². The highest BCUT2D eigenvalue weighted by atomic mass is 15.2. The van der Waals surface area contributed by atoms with Gasteiger partial charge in [0.05, 0.1) is 11.4 Å². The lowest BCUT2D eigenvalue weighted by molar-refractivity contribution is 0.786. The van der Waals surface area contributed by atoms with Crippen molar-refractivity contribution in [1.29, 1.82) is 0 Å². The molecular formula is C20H19N5. The Morgan fingerprint density at radius 1 is 0.960 bits per heavy atom. The van der Waals surface area contributed by atoms with Gasteiger partial charge in [0.2, 0.25) is 0 Å². The first-order valence-electron chi connectivity index (χ1n) is 8.28. The van der Waals surface area contributed by atoms with Crippen molar-refractivity contribution < 1.29 is 0 Å². The van der Waals surface area contributed by atoms with Crippen LogP contribution in [-0.2, 0) is 0 Å². The van der Waals surface area contributed by atoms with Crippen LogP contribution in [0.4, 0.5) is 0 Å². The monoisotopic (exact) mass is 329 g/mol. The highest BCUT2D eigenvalue weighted by molar-refractivity contribution is 5.50. The predicted octanol–water partition coefficient (Wildman–Crippen LogP) is 3.91. The van der Waals surface area contributed by atoms with Crippen LogP contribution in [0.1, 0.15) is 29.8 Å². The average molecular weight is 329 g/mol. The number of hydrogen-bond acceptors (Lipinski definition) is 3. The van der Waals surface area contributed by atoms with E-state index in [1.807, 2.05) is 23.0 Å². The summed E-state index contributed by atoms with van der Waals surface area (Å²) in [5.41, 5.74) is 4.58. The minimum absolute atomic E-state index is 0.203. The molecule has 0 saturated heterocycles. The fourth-order valence-electron chi connectivity index (χ4n) is 3.08. The van der Waals surface area contributed by atoms with Gasteiger partial charge in [0.1, 0.15) is 18.5 Å². The molecule has 0 fully saturated rings. The van der Waals surface area contributed by atoms with Crippen molar-refractivity contribution in [2.75, 3.05) is 0 Å². The molecule has 0 aliphatic carbocycles. The van der Waals surface area contributed by atoms with E-state index in [1.54, 1.807) is 12.7 Å². The summed E-state index contributed by atoms with van der Waals surface area (Å²) in [7, 11) is 0. The van der Waals surface area contributed by atoms with Gasteiger partial charge in [-0.25, -0.2) is 4.98 Å². The van der Waals surface area contributed by atoms with Gasteiger partial charge in [-0.15, -0.1) is 10.2 Å². The van der Waals surface area contributed by atoms with Gasteiger partial charge in [-0.3, -0.25) is 4.57 Å². The van der Waals surface area contributed by atoms with E-state index in [9.17, 15) is 0 Å². The first kappa shape index (κ1) is 15.3. The number of aryl methyl sites for hydroxylation is 1. The van der Waals surface area contributed by atoms with E-state index in [0.29, 0.717) is 0 Å². The Labute approximate surface area is 146 Å². The molecule has 2 heterocycles. The largest absolute Gasteiger partial charge is 0.303 e. The summed E-state index contributed by atoms with van der Waals surface area (Å²) in [4.78, 5) is 4.63. The standard InChI is InChI=1S/C20H19N5/c1-15-8-9-18(24-13-22-23-14-24)12-19(15)25-11-10-21-20(25)16(2)17-6-4-3-5-7-17/h3-14,16H,1-2H3/t16-/m1/s1. The van der Waals surface area contributed by atoms with E-state index in [-0.39, 0.29) is 5.92 Å². The third-order valence-electron chi connectivity index (χ3n) is 4.53. The van der Waals surface area contributed by atoms with E-state index in [1.165, 1.54) is 11.1 Å². The molecule has 124 valence electrons. The molecule has 0 aliphatic rings. The number of nitrogens with zero attached hydrogens (tertiary/aromatic N) is 5. The van der Waals surface area contributed by atoms with Crippen molar-refractivity contribution in [2.24, 2.45) is 0 Å². The molecule has 0 aliphatic heterocycles. The van der Waals surface area contributed by atoms with Crippen LogP contribution in [0.15, 0.2) is 73.6 Å². The van der Waals surface area contributed by atoms with Crippen LogP contribution < -0.4 is 0 Å². The van der Waals surface area contributed by atoms with Crippen LogP contribution in [0.5, 0.6) is 0 Å². The lowest BCUT2D eigenvalue weighted by atomic mass is 10.0.